The molecule has 0 unspecified atom stereocenters. The summed E-state index contributed by atoms with van der Waals surface area (Å²) in [7, 11) is 0. The summed E-state index contributed by atoms with van der Waals surface area (Å²) in [6.07, 6.45) is 3.40. The zero-order valence-electron chi connectivity index (χ0n) is 9.70. The highest BCUT2D eigenvalue weighted by molar-refractivity contribution is 9.10. The molecule has 2 aromatic rings. The van der Waals surface area contributed by atoms with Gasteiger partial charge in [0.1, 0.15) is 11.5 Å². The Morgan fingerprint density at radius 2 is 1.94 bits per heavy atom. The molecule has 0 aliphatic rings. The summed E-state index contributed by atoms with van der Waals surface area (Å²) in [4.78, 5) is 3.99. The van der Waals surface area contributed by atoms with Gasteiger partial charge in [0.2, 0.25) is 0 Å². The summed E-state index contributed by atoms with van der Waals surface area (Å²) in [5, 5.41) is 0. The van der Waals surface area contributed by atoms with Crippen molar-refractivity contribution in [1.82, 2.24) is 4.98 Å². The molecule has 0 spiro atoms. The summed E-state index contributed by atoms with van der Waals surface area (Å²) in [6, 6.07) is 5.67. The third kappa shape index (κ3) is 2.58. The van der Waals surface area contributed by atoms with Gasteiger partial charge < -0.3 is 10.5 Å². The number of hydrogen-bond acceptors (Lipinski definition) is 3. The van der Waals surface area contributed by atoms with E-state index in [-0.39, 0.29) is 0 Å². The van der Waals surface area contributed by atoms with Gasteiger partial charge in [-0.05, 0) is 53.0 Å². The number of benzene rings is 1. The Kier molecular flexibility index (Phi) is 3.33. The summed E-state index contributed by atoms with van der Waals surface area (Å²) < 4.78 is 6.66. The second-order valence-electron chi connectivity index (χ2n) is 3.88. The fourth-order valence-corrected chi connectivity index (χ4v) is 1.82. The average Bonchev–Trinajstić information content (AvgIpc) is 2.29. The first-order valence-corrected chi connectivity index (χ1v) is 6.01. The molecule has 2 rings (SSSR count). The van der Waals surface area contributed by atoms with E-state index in [9.17, 15) is 0 Å². The third-order valence-electron chi connectivity index (χ3n) is 2.52. The maximum absolute atomic E-state index is 5.84. The second kappa shape index (κ2) is 4.75. The van der Waals surface area contributed by atoms with Crippen LogP contribution >= 0.6 is 15.9 Å². The Bertz CT molecular complexity index is 555. The molecule has 4 heteroatoms. The van der Waals surface area contributed by atoms with Crippen LogP contribution in [0.5, 0.6) is 11.5 Å². The first kappa shape index (κ1) is 11.9. The summed E-state index contributed by atoms with van der Waals surface area (Å²) in [5.74, 6) is 1.55. The maximum Gasteiger partial charge on any atom is 0.144 e. The highest BCUT2D eigenvalue weighted by Crippen LogP contribution is 2.32. The number of nitrogens with two attached hydrogens (primary N) is 1. The van der Waals surface area contributed by atoms with Gasteiger partial charge in [-0.1, -0.05) is 0 Å². The molecule has 0 aliphatic carbocycles. The largest absolute Gasteiger partial charge is 0.456 e. The van der Waals surface area contributed by atoms with Crippen LogP contribution in [0.1, 0.15) is 11.1 Å². The smallest absolute Gasteiger partial charge is 0.144 e. The van der Waals surface area contributed by atoms with Gasteiger partial charge >= 0.3 is 0 Å². The van der Waals surface area contributed by atoms with Crippen molar-refractivity contribution in [3.8, 4) is 11.5 Å². The zero-order chi connectivity index (χ0) is 12.4. The van der Waals surface area contributed by atoms with Crippen molar-refractivity contribution >= 4 is 21.6 Å². The van der Waals surface area contributed by atoms with Crippen molar-refractivity contribution in [2.45, 2.75) is 13.8 Å². The van der Waals surface area contributed by atoms with Crippen LogP contribution < -0.4 is 10.5 Å². The molecule has 1 aromatic heterocycles. The van der Waals surface area contributed by atoms with Crippen molar-refractivity contribution in [2.24, 2.45) is 0 Å². The van der Waals surface area contributed by atoms with E-state index in [2.05, 4.69) is 20.9 Å². The monoisotopic (exact) mass is 292 g/mol. The molecule has 0 bridgehead atoms. The van der Waals surface area contributed by atoms with Crippen LogP contribution in [-0.2, 0) is 0 Å². The number of pyridine rings is 1. The number of nitrogens with zero attached hydrogens (tertiary/aromatic N) is 1. The summed E-state index contributed by atoms with van der Waals surface area (Å²) >= 11 is 3.40. The lowest BCUT2D eigenvalue weighted by Crippen LogP contribution is -1.94. The topological polar surface area (TPSA) is 48.1 Å². The molecule has 0 aliphatic heterocycles. The molecule has 2 N–H and O–H groups in total. The molecule has 0 atom stereocenters. The molecular formula is C13H13BrN2O. The van der Waals surface area contributed by atoms with Crippen LogP contribution in [0.25, 0.3) is 0 Å². The van der Waals surface area contributed by atoms with Gasteiger partial charge in [0.05, 0.1) is 4.47 Å². The van der Waals surface area contributed by atoms with E-state index in [1.54, 1.807) is 12.4 Å². The lowest BCUT2D eigenvalue weighted by atomic mass is 10.1. The van der Waals surface area contributed by atoms with Gasteiger partial charge in [-0.25, -0.2) is 0 Å². The minimum Gasteiger partial charge on any atom is -0.456 e. The van der Waals surface area contributed by atoms with Gasteiger partial charge in [-0.2, -0.15) is 0 Å². The molecule has 1 heterocycles. The average molecular weight is 293 g/mol. The molecule has 17 heavy (non-hydrogen) atoms. The molecule has 3 nitrogen and oxygen atoms in total. The minimum absolute atomic E-state index is 0.743. The van der Waals surface area contributed by atoms with Crippen molar-refractivity contribution in [3.05, 3.63) is 46.2 Å². The van der Waals surface area contributed by atoms with Crippen molar-refractivity contribution in [3.63, 3.8) is 0 Å². The van der Waals surface area contributed by atoms with Crippen LogP contribution in [0.15, 0.2) is 35.1 Å². The van der Waals surface area contributed by atoms with E-state index in [0.717, 1.165) is 32.8 Å². The van der Waals surface area contributed by atoms with Gasteiger partial charge in [0.15, 0.2) is 0 Å². The number of aromatic nitrogens is 1. The Morgan fingerprint density at radius 3 is 2.65 bits per heavy atom. The first-order chi connectivity index (χ1) is 8.08. The number of nitrogen functional groups attached to an aromatic ring is 1. The number of hydrogen-bond donors (Lipinski definition) is 1. The molecule has 0 radical (unpaired) electrons. The Labute approximate surface area is 109 Å². The molecule has 1 aromatic carbocycles. The van der Waals surface area contributed by atoms with E-state index in [4.69, 9.17) is 10.5 Å². The van der Waals surface area contributed by atoms with E-state index < -0.39 is 0 Å². The Morgan fingerprint density at radius 1 is 1.18 bits per heavy atom. The van der Waals surface area contributed by atoms with E-state index in [0.29, 0.717) is 0 Å². The first-order valence-electron chi connectivity index (χ1n) is 5.22. The standard InChI is InChI=1S/C13H13BrN2O/c1-8-6-13(9(2)5-11(8)15)17-12-3-4-16-7-10(12)14/h3-7H,15H2,1-2H3. The molecular weight excluding hydrogens is 280 g/mol. The summed E-state index contributed by atoms with van der Waals surface area (Å²) in [5.41, 5.74) is 8.64. The van der Waals surface area contributed by atoms with Crippen LogP contribution in [0.4, 0.5) is 5.69 Å². The van der Waals surface area contributed by atoms with Crippen LogP contribution in [-0.4, -0.2) is 4.98 Å². The van der Waals surface area contributed by atoms with Gasteiger partial charge in [-0.15, -0.1) is 0 Å². The van der Waals surface area contributed by atoms with Crippen molar-refractivity contribution in [1.29, 1.82) is 0 Å². The molecule has 0 saturated carbocycles. The van der Waals surface area contributed by atoms with Gasteiger partial charge in [-0.3, -0.25) is 4.98 Å². The fraction of sp³-hybridized carbons (Fsp3) is 0.154. The zero-order valence-corrected chi connectivity index (χ0v) is 11.3. The maximum atomic E-state index is 5.84. The van der Waals surface area contributed by atoms with Crippen LogP contribution in [0.2, 0.25) is 0 Å². The number of anilines is 1. The second-order valence-corrected chi connectivity index (χ2v) is 4.74. The van der Waals surface area contributed by atoms with E-state index >= 15 is 0 Å². The Balaban J connectivity index is 2.37. The SMILES string of the molecule is Cc1cc(Oc2ccncc2Br)c(C)cc1N. The highest BCUT2D eigenvalue weighted by Gasteiger charge is 2.07. The quantitative estimate of drug-likeness (QED) is 0.856. The number of halogens is 1. The normalized spacial score (nSPS) is 10.3. The summed E-state index contributed by atoms with van der Waals surface area (Å²) in [6.45, 7) is 3.93. The number of aryl methyl sites for hydroxylation is 2. The minimum atomic E-state index is 0.743. The molecule has 0 fully saturated rings. The lowest BCUT2D eigenvalue weighted by molar-refractivity contribution is 0.475. The highest BCUT2D eigenvalue weighted by atomic mass is 79.9. The fourth-order valence-electron chi connectivity index (χ4n) is 1.49. The number of ether oxygens (including phenoxy) is 1. The third-order valence-corrected chi connectivity index (χ3v) is 3.11. The van der Waals surface area contributed by atoms with Gasteiger partial charge in [0.25, 0.3) is 0 Å². The number of rotatable bonds is 2. The lowest BCUT2D eigenvalue weighted by Gasteiger charge is -2.12. The van der Waals surface area contributed by atoms with Crippen molar-refractivity contribution < 1.29 is 4.74 Å². The van der Waals surface area contributed by atoms with E-state index in [1.165, 1.54) is 0 Å². The molecule has 0 amide bonds. The van der Waals surface area contributed by atoms with Crippen LogP contribution in [0.3, 0.4) is 0 Å². The van der Waals surface area contributed by atoms with Gasteiger partial charge in [0, 0.05) is 24.1 Å². The Hall–Kier alpha value is -1.55. The predicted octanol–water partition coefficient (Wildman–Crippen LogP) is 3.84. The molecule has 88 valence electrons. The molecule has 0 saturated heterocycles. The predicted molar refractivity (Wildman–Crippen MR) is 72.3 cm³/mol. The van der Waals surface area contributed by atoms with E-state index in [1.807, 2.05) is 32.0 Å². The van der Waals surface area contributed by atoms with Crippen LogP contribution in [0, 0.1) is 13.8 Å². The van der Waals surface area contributed by atoms with Crippen molar-refractivity contribution in [2.75, 3.05) is 5.73 Å².